The van der Waals surface area contributed by atoms with Gasteiger partial charge in [-0.05, 0) is 0 Å². The number of rotatable bonds is 4. The first-order chi connectivity index (χ1) is 9.97. The Morgan fingerprint density at radius 2 is 1.86 bits per heavy atom. The molecule has 8 heteroatoms. The molecule has 1 N–H and O–H groups in total. The minimum Gasteiger partial charge on any atom is -0.483 e. The summed E-state index contributed by atoms with van der Waals surface area (Å²) >= 11 is 1.05. The number of hydrogen-bond donors (Lipinski definition) is 1. The van der Waals surface area contributed by atoms with Crippen LogP contribution in [0.15, 0.2) is 11.4 Å². The van der Waals surface area contributed by atoms with Crippen molar-refractivity contribution in [2.75, 3.05) is 32.8 Å². The van der Waals surface area contributed by atoms with E-state index >= 15 is 0 Å². The normalized spacial score (nSPS) is 14.9. The van der Waals surface area contributed by atoms with Crippen LogP contribution in [0.3, 0.4) is 0 Å². The molecule has 1 saturated heterocycles. The Balaban J connectivity index is 1.79. The monoisotopic (exact) mass is 312 g/mol. The molecule has 1 aromatic heterocycles. The molecule has 0 bridgehead atoms. The summed E-state index contributed by atoms with van der Waals surface area (Å²) in [5.41, 5.74) is 0. The van der Waals surface area contributed by atoms with Gasteiger partial charge in [-0.1, -0.05) is 0 Å². The van der Waals surface area contributed by atoms with Crippen molar-refractivity contribution >= 4 is 29.1 Å². The van der Waals surface area contributed by atoms with E-state index in [4.69, 9.17) is 9.84 Å². The van der Waals surface area contributed by atoms with Crippen LogP contribution in [0.1, 0.15) is 16.6 Å². The number of piperazine rings is 1. The van der Waals surface area contributed by atoms with Gasteiger partial charge < -0.3 is 19.6 Å². The lowest BCUT2D eigenvalue weighted by Gasteiger charge is -2.34. The predicted molar refractivity (Wildman–Crippen MR) is 75.6 cm³/mol. The number of nitrogens with zero attached hydrogens (tertiary/aromatic N) is 2. The molecule has 2 heterocycles. The van der Waals surface area contributed by atoms with Crippen molar-refractivity contribution in [3.05, 3.63) is 16.3 Å². The van der Waals surface area contributed by atoms with Gasteiger partial charge in [0.1, 0.15) is 10.6 Å². The third-order valence-electron chi connectivity index (χ3n) is 3.23. The van der Waals surface area contributed by atoms with Crippen LogP contribution in [0.5, 0.6) is 5.75 Å². The van der Waals surface area contributed by atoms with Crippen molar-refractivity contribution in [3.8, 4) is 5.75 Å². The maximum atomic E-state index is 12.0. The molecule has 1 aliphatic rings. The van der Waals surface area contributed by atoms with Crippen molar-refractivity contribution in [3.63, 3.8) is 0 Å². The molecule has 1 aromatic rings. The Kier molecular flexibility index (Phi) is 4.79. The maximum absolute atomic E-state index is 12.0. The van der Waals surface area contributed by atoms with Crippen LogP contribution in [-0.2, 0) is 9.59 Å². The molecule has 0 aromatic carbocycles. The highest BCUT2D eigenvalue weighted by Crippen LogP contribution is 2.21. The number of carboxylic acid groups (broad SMARTS) is 1. The lowest BCUT2D eigenvalue weighted by atomic mass is 10.3. The second-order valence-corrected chi connectivity index (χ2v) is 5.54. The fourth-order valence-electron chi connectivity index (χ4n) is 2.01. The summed E-state index contributed by atoms with van der Waals surface area (Å²) in [6.07, 6.45) is 0. The van der Waals surface area contributed by atoms with Crippen molar-refractivity contribution < 1.29 is 24.2 Å². The topological polar surface area (TPSA) is 87.2 Å². The molecule has 2 amide bonds. The lowest BCUT2D eigenvalue weighted by Crippen LogP contribution is -2.51. The summed E-state index contributed by atoms with van der Waals surface area (Å²) in [4.78, 5) is 37.4. The maximum Gasteiger partial charge on any atom is 0.346 e. The Morgan fingerprint density at radius 1 is 1.24 bits per heavy atom. The average molecular weight is 312 g/mol. The molecule has 0 spiro atoms. The molecule has 2 rings (SSSR count). The molecule has 0 radical (unpaired) electrons. The molecule has 0 atom stereocenters. The highest BCUT2D eigenvalue weighted by Gasteiger charge is 2.22. The lowest BCUT2D eigenvalue weighted by molar-refractivity contribution is -0.139. The molecule has 21 heavy (non-hydrogen) atoms. The second kappa shape index (κ2) is 6.57. The summed E-state index contributed by atoms with van der Waals surface area (Å²) in [6, 6.07) is 1.40. The van der Waals surface area contributed by atoms with Crippen LogP contribution in [0.25, 0.3) is 0 Å². The van der Waals surface area contributed by atoms with E-state index in [1.807, 2.05) is 0 Å². The van der Waals surface area contributed by atoms with Crippen LogP contribution >= 0.6 is 11.3 Å². The van der Waals surface area contributed by atoms with E-state index in [0.29, 0.717) is 31.9 Å². The average Bonchev–Trinajstić information content (AvgIpc) is 2.94. The van der Waals surface area contributed by atoms with E-state index in [-0.39, 0.29) is 23.3 Å². The molecule has 0 unspecified atom stereocenters. The third kappa shape index (κ3) is 3.94. The number of carbonyl (C=O) groups is 3. The molecular formula is C13H16N2O5S. The molecule has 1 fully saturated rings. The van der Waals surface area contributed by atoms with E-state index < -0.39 is 5.97 Å². The van der Waals surface area contributed by atoms with Crippen molar-refractivity contribution in [2.24, 2.45) is 0 Å². The number of carbonyl (C=O) groups excluding carboxylic acids is 2. The van der Waals surface area contributed by atoms with Gasteiger partial charge in [-0.15, -0.1) is 11.3 Å². The van der Waals surface area contributed by atoms with Crippen molar-refractivity contribution in [1.82, 2.24) is 9.80 Å². The van der Waals surface area contributed by atoms with Gasteiger partial charge in [0, 0.05) is 44.5 Å². The number of hydrogen-bond acceptors (Lipinski definition) is 5. The molecule has 0 saturated carbocycles. The van der Waals surface area contributed by atoms with Crippen molar-refractivity contribution in [2.45, 2.75) is 6.92 Å². The molecule has 0 aliphatic carbocycles. The van der Waals surface area contributed by atoms with Crippen LogP contribution in [0, 0.1) is 0 Å². The molecule has 1 aliphatic heterocycles. The van der Waals surface area contributed by atoms with Gasteiger partial charge >= 0.3 is 5.97 Å². The Hall–Kier alpha value is -2.09. The Morgan fingerprint density at radius 3 is 2.38 bits per heavy atom. The van der Waals surface area contributed by atoms with E-state index in [0.717, 1.165) is 11.3 Å². The summed E-state index contributed by atoms with van der Waals surface area (Å²) in [7, 11) is 0. The van der Waals surface area contributed by atoms with Crippen LogP contribution in [-0.4, -0.2) is 65.5 Å². The van der Waals surface area contributed by atoms with Gasteiger partial charge in [-0.2, -0.15) is 0 Å². The van der Waals surface area contributed by atoms with E-state index in [1.54, 1.807) is 15.2 Å². The number of carboxylic acids is 1. The molecular weight excluding hydrogens is 296 g/mol. The first kappa shape index (κ1) is 15.3. The summed E-state index contributed by atoms with van der Waals surface area (Å²) in [5.74, 6) is -0.784. The van der Waals surface area contributed by atoms with E-state index in [9.17, 15) is 14.4 Å². The molecule has 7 nitrogen and oxygen atoms in total. The SMILES string of the molecule is CC(=O)N1CCN(C(=O)COc2csc(C(=O)O)c2)CC1. The zero-order valence-corrected chi connectivity index (χ0v) is 12.4. The summed E-state index contributed by atoms with van der Waals surface area (Å²) < 4.78 is 5.30. The third-order valence-corrected chi connectivity index (χ3v) is 4.12. The first-order valence-electron chi connectivity index (χ1n) is 6.45. The van der Waals surface area contributed by atoms with Gasteiger partial charge in [-0.3, -0.25) is 9.59 Å². The fourth-order valence-corrected chi connectivity index (χ4v) is 2.68. The van der Waals surface area contributed by atoms with Gasteiger partial charge in [0.05, 0.1) is 0 Å². The zero-order valence-electron chi connectivity index (χ0n) is 11.6. The Bertz CT molecular complexity index is 549. The summed E-state index contributed by atoms with van der Waals surface area (Å²) in [6.45, 7) is 3.43. The van der Waals surface area contributed by atoms with E-state index in [2.05, 4.69) is 0 Å². The van der Waals surface area contributed by atoms with Gasteiger partial charge in [0.2, 0.25) is 5.91 Å². The van der Waals surface area contributed by atoms with Gasteiger partial charge in [0.15, 0.2) is 6.61 Å². The quantitative estimate of drug-likeness (QED) is 0.875. The van der Waals surface area contributed by atoms with Crippen molar-refractivity contribution in [1.29, 1.82) is 0 Å². The predicted octanol–water partition coefficient (Wildman–Crippen LogP) is 0.516. The number of aromatic carboxylic acids is 1. The standard InChI is InChI=1S/C13H16N2O5S/c1-9(16)14-2-4-15(5-3-14)12(17)7-20-10-6-11(13(18)19)21-8-10/h6,8H,2-5,7H2,1H3,(H,18,19). The number of thiophene rings is 1. The number of ether oxygens (including phenoxy) is 1. The minimum absolute atomic E-state index is 0.0119. The highest BCUT2D eigenvalue weighted by atomic mass is 32.1. The van der Waals surface area contributed by atoms with Crippen LogP contribution in [0.2, 0.25) is 0 Å². The number of amides is 2. The second-order valence-electron chi connectivity index (χ2n) is 4.63. The van der Waals surface area contributed by atoms with E-state index in [1.165, 1.54) is 13.0 Å². The van der Waals surface area contributed by atoms with Crippen LogP contribution < -0.4 is 4.74 Å². The first-order valence-corrected chi connectivity index (χ1v) is 7.33. The van der Waals surface area contributed by atoms with Gasteiger partial charge in [-0.25, -0.2) is 4.79 Å². The largest absolute Gasteiger partial charge is 0.483 e. The summed E-state index contributed by atoms with van der Waals surface area (Å²) in [5, 5.41) is 10.4. The minimum atomic E-state index is -1.01. The zero-order chi connectivity index (χ0) is 15.4. The Labute approximate surface area is 125 Å². The highest BCUT2D eigenvalue weighted by molar-refractivity contribution is 7.12. The smallest absolute Gasteiger partial charge is 0.346 e. The fraction of sp³-hybridized carbons (Fsp3) is 0.462. The molecule has 114 valence electrons. The van der Waals surface area contributed by atoms with Crippen LogP contribution in [0.4, 0.5) is 0 Å². The van der Waals surface area contributed by atoms with Gasteiger partial charge in [0.25, 0.3) is 5.91 Å².